The van der Waals surface area contributed by atoms with Crippen LogP contribution in [0.3, 0.4) is 0 Å². The van der Waals surface area contributed by atoms with Gasteiger partial charge in [0.2, 0.25) is 5.91 Å². The first kappa shape index (κ1) is 16.4. The molecule has 0 saturated carbocycles. The number of rotatable bonds is 5. The van der Waals surface area contributed by atoms with Crippen molar-refractivity contribution in [2.24, 2.45) is 0 Å². The first-order valence-corrected chi connectivity index (χ1v) is 7.27. The average Bonchev–Trinajstić information content (AvgIpc) is 2.40. The molecule has 1 amide bonds. The molecule has 0 heterocycles. The quantitative estimate of drug-likeness (QED) is 0.730. The van der Waals surface area contributed by atoms with Crippen molar-refractivity contribution >= 4 is 28.9 Å². The number of aryl methyl sites for hydroxylation is 2. The molecule has 0 radical (unpaired) electrons. The van der Waals surface area contributed by atoms with Crippen molar-refractivity contribution < 1.29 is 4.79 Å². The van der Waals surface area contributed by atoms with E-state index in [0.29, 0.717) is 11.7 Å². The Kier molecular flexibility index (Phi) is 6.45. The molecule has 0 aliphatic heterocycles. The third kappa shape index (κ3) is 5.17. The van der Waals surface area contributed by atoms with E-state index in [0.717, 1.165) is 12.1 Å². The van der Waals surface area contributed by atoms with E-state index in [1.54, 1.807) is 6.92 Å². The summed E-state index contributed by atoms with van der Waals surface area (Å²) in [7, 11) is 0. The minimum absolute atomic E-state index is 0.0453. The Hall–Kier alpha value is -1.62. The first-order chi connectivity index (χ1) is 9.43. The van der Waals surface area contributed by atoms with E-state index in [9.17, 15) is 4.79 Å². The van der Waals surface area contributed by atoms with Gasteiger partial charge in [-0.3, -0.25) is 4.79 Å². The Balaban J connectivity index is 2.50. The summed E-state index contributed by atoms with van der Waals surface area (Å²) in [5.74, 6) is -0.0453. The third-order valence-electron chi connectivity index (χ3n) is 3.05. The van der Waals surface area contributed by atoms with E-state index in [1.165, 1.54) is 11.1 Å². The number of anilines is 1. The molecule has 0 fully saturated rings. The van der Waals surface area contributed by atoms with Crippen LogP contribution in [-0.4, -0.2) is 23.6 Å². The number of hydrogen-bond acceptors (Lipinski definition) is 2. The fourth-order valence-electron chi connectivity index (χ4n) is 1.65. The van der Waals surface area contributed by atoms with Crippen LogP contribution >= 0.6 is 12.2 Å². The second-order valence-corrected chi connectivity index (χ2v) is 5.32. The van der Waals surface area contributed by atoms with Gasteiger partial charge in [0.1, 0.15) is 6.04 Å². The normalized spacial score (nSPS) is 11.6. The molecular weight excluding hydrogens is 270 g/mol. The van der Waals surface area contributed by atoms with E-state index < -0.39 is 0 Å². The summed E-state index contributed by atoms with van der Waals surface area (Å²) >= 11 is 5.22. The van der Waals surface area contributed by atoms with Crippen molar-refractivity contribution in [3.63, 3.8) is 0 Å². The minimum Gasteiger partial charge on any atom is -0.354 e. The zero-order chi connectivity index (χ0) is 15.1. The SMILES string of the molecule is CCCNC(=O)[C@@H](C)NC(=S)Nc1ccc(C)c(C)c1. The molecule has 0 spiro atoms. The molecule has 4 nitrogen and oxygen atoms in total. The topological polar surface area (TPSA) is 53.2 Å². The fourth-order valence-corrected chi connectivity index (χ4v) is 1.94. The fraction of sp³-hybridized carbons (Fsp3) is 0.467. The smallest absolute Gasteiger partial charge is 0.242 e. The molecule has 3 N–H and O–H groups in total. The molecule has 0 bridgehead atoms. The number of amides is 1. The van der Waals surface area contributed by atoms with Crippen molar-refractivity contribution in [2.75, 3.05) is 11.9 Å². The van der Waals surface area contributed by atoms with Gasteiger partial charge in [-0.2, -0.15) is 0 Å². The van der Waals surface area contributed by atoms with E-state index >= 15 is 0 Å². The lowest BCUT2D eigenvalue weighted by molar-refractivity contribution is -0.122. The largest absolute Gasteiger partial charge is 0.354 e. The van der Waals surface area contributed by atoms with Gasteiger partial charge in [0.15, 0.2) is 5.11 Å². The Morgan fingerprint density at radius 2 is 2.00 bits per heavy atom. The van der Waals surface area contributed by atoms with E-state index in [2.05, 4.69) is 29.8 Å². The van der Waals surface area contributed by atoms with Crippen LogP contribution in [0, 0.1) is 13.8 Å². The molecule has 0 aliphatic carbocycles. The van der Waals surface area contributed by atoms with Crippen LogP contribution in [-0.2, 0) is 4.79 Å². The number of hydrogen-bond donors (Lipinski definition) is 3. The zero-order valence-corrected chi connectivity index (χ0v) is 13.4. The van der Waals surface area contributed by atoms with E-state index in [-0.39, 0.29) is 11.9 Å². The lowest BCUT2D eigenvalue weighted by atomic mass is 10.1. The van der Waals surface area contributed by atoms with Crippen LogP contribution in [0.2, 0.25) is 0 Å². The van der Waals surface area contributed by atoms with Crippen molar-refractivity contribution in [1.82, 2.24) is 10.6 Å². The summed E-state index contributed by atoms with van der Waals surface area (Å²) in [4.78, 5) is 11.7. The van der Waals surface area contributed by atoms with Crippen molar-refractivity contribution in [3.8, 4) is 0 Å². The standard InChI is InChI=1S/C15H23N3OS/c1-5-8-16-14(19)12(4)17-15(20)18-13-7-6-10(2)11(3)9-13/h6-7,9,12H,5,8H2,1-4H3,(H,16,19)(H2,17,18,20)/t12-/m1/s1. The van der Waals surface area contributed by atoms with E-state index in [4.69, 9.17) is 12.2 Å². The Labute approximate surface area is 126 Å². The van der Waals surface area contributed by atoms with Gasteiger partial charge in [-0.15, -0.1) is 0 Å². The Bertz CT molecular complexity index is 488. The molecule has 0 aliphatic rings. The number of thiocarbonyl (C=S) groups is 1. The number of nitrogens with one attached hydrogen (secondary N) is 3. The van der Waals surface area contributed by atoms with Crippen molar-refractivity contribution in [2.45, 2.75) is 40.2 Å². The lowest BCUT2D eigenvalue weighted by Gasteiger charge is -2.17. The van der Waals surface area contributed by atoms with E-state index in [1.807, 2.05) is 25.1 Å². The second kappa shape index (κ2) is 7.85. The first-order valence-electron chi connectivity index (χ1n) is 6.86. The minimum atomic E-state index is -0.354. The van der Waals surface area contributed by atoms with Gasteiger partial charge < -0.3 is 16.0 Å². The van der Waals surface area contributed by atoms with Gasteiger partial charge in [-0.1, -0.05) is 13.0 Å². The predicted octanol–water partition coefficient (Wildman–Crippen LogP) is 2.50. The highest BCUT2D eigenvalue weighted by molar-refractivity contribution is 7.80. The molecule has 0 saturated heterocycles. The predicted molar refractivity (Wildman–Crippen MR) is 88.0 cm³/mol. The molecule has 20 heavy (non-hydrogen) atoms. The summed E-state index contributed by atoms with van der Waals surface area (Å²) in [5, 5.41) is 9.35. The maximum atomic E-state index is 11.7. The maximum Gasteiger partial charge on any atom is 0.242 e. The Morgan fingerprint density at radius 3 is 2.60 bits per heavy atom. The summed E-state index contributed by atoms with van der Waals surface area (Å²) in [6, 6.07) is 5.69. The molecule has 0 unspecified atom stereocenters. The van der Waals surface area contributed by atoms with Gasteiger partial charge in [0.05, 0.1) is 0 Å². The van der Waals surface area contributed by atoms with Crippen LogP contribution in [0.15, 0.2) is 18.2 Å². The molecular formula is C15H23N3OS. The summed E-state index contributed by atoms with van der Waals surface area (Å²) < 4.78 is 0. The van der Waals surface area contributed by atoms with Gasteiger partial charge in [0, 0.05) is 12.2 Å². The second-order valence-electron chi connectivity index (χ2n) is 4.91. The molecule has 1 rings (SSSR count). The van der Waals surface area contributed by atoms with Crippen LogP contribution in [0.5, 0.6) is 0 Å². The summed E-state index contributed by atoms with van der Waals surface area (Å²) in [5.41, 5.74) is 3.36. The maximum absolute atomic E-state index is 11.7. The molecule has 5 heteroatoms. The molecule has 1 aromatic rings. The average molecular weight is 293 g/mol. The number of benzene rings is 1. The number of carbonyl (C=O) groups excluding carboxylic acids is 1. The van der Waals surface area contributed by atoms with Crippen molar-refractivity contribution in [3.05, 3.63) is 29.3 Å². The molecule has 1 aromatic carbocycles. The zero-order valence-electron chi connectivity index (χ0n) is 12.5. The van der Waals surface area contributed by atoms with Gasteiger partial charge in [0.25, 0.3) is 0 Å². The van der Waals surface area contributed by atoms with Crippen LogP contribution in [0.4, 0.5) is 5.69 Å². The summed E-state index contributed by atoms with van der Waals surface area (Å²) in [6.07, 6.45) is 0.920. The van der Waals surface area contributed by atoms with Crippen LogP contribution < -0.4 is 16.0 Å². The molecule has 110 valence electrons. The number of carbonyl (C=O) groups is 1. The molecule has 1 atom stereocenters. The van der Waals surface area contributed by atoms with Gasteiger partial charge in [-0.25, -0.2) is 0 Å². The third-order valence-corrected chi connectivity index (χ3v) is 3.27. The Morgan fingerprint density at radius 1 is 1.30 bits per heavy atom. The monoisotopic (exact) mass is 293 g/mol. The van der Waals surface area contributed by atoms with Crippen molar-refractivity contribution in [1.29, 1.82) is 0 Å². The highest BCUT2D eigenvalue weighted by Crippen LogP contribution is 2.13. The van der Waals surface area contributed by atoms with Gasteiger partial charge >= 0.3 is 0 Å². The highest BCUT2D eigenvalue weighted by Gasteiger charge is 2.12. The van der Waals surface area contributed by atoms with Gasteiger partial charge in [-0.05, 0) is 62.7 Å². The lowest BCUT2D eigenvalue weighted by Crippen LogP contribution is -2.46. The van der Waals surface area contributed by atoms with Crippen LogP contribution in [0.1, 0.15) is 31.4 Å². The highest BCUT2D eigenvalue weighted by atomic mass is 32.1. The molecule has 0 aromatic heterocycles. The van der Waals surface area contributed by atoms with Crippen LogP contribution in [0.25, 0.3) is 0 Å². The summed E-state index contributed by atoms with van der Waals surface area (Å²) in [6.45, 7) is 8.61.